The molecule has 0 radical (unpaired) electrons. The van der Waals surface area contributed by atoms with Gasteiger partial charge in [0.05, 0.1) is 11.2 Å². The number of aliphatic hydroxyl groups is 1. The molecule has 190 valence electrons. The highest BCUT2D eigenvalue weighted by Crippen LogP contribution is 2.55. The Kier molecular flexibility index (Phi) is 5.63. The van der Waals surface area contributed by atoms with Crippen molar-refractivity contribution in [1.29, 1.82) is 0 Å². The van der Waals surface area contributed by atoms with E-state index in [-0.39, 0.29) is 18.0 Å². The average molecular weight is 491 g/mol. The molecule has 7 rings (SSSR count). The van der Waals surface area contributed by atoms with Crippen LogP contribution >= 0.6 is 0 Å². The van der Waals surface area contributed by atoms with E-state index >= 15 is 0 Å². The Hall–Kier alpha value is -3.20. The molecule has 1 aliphatic heterocycles. The van der Waals surface area contributed by atoms with Gasteiger partial charge in [-0.1, -0.05) is 6.07 Å². The Morgan fingerprint density at radius 1 is 1.08 bits per heavy atom. The minimum Gasteiger partial charge on any atom is -0.390 e. The summed E-state index contributed by atoms with van der Waals surface area (Å²) in [4.78, 5) is 38.1. The SMILES string of the molecule is C[C@@H]1CN(c2ccc(C(N)=O)cn2)CCN1c1cccc(C(=O)N[C@H]2C3CC4CC2C[C@](O)(C4)C3)n1. The second-order valence-electron chi connectivity index (χ2n) is 11.3. The van der Waals surface area contributed by atoms with Crippen LogP contribution in [0.1, 0.15) is 59.9 Å². The maximum atomic E-state index is 13.2. The third-order valence-electron chi connectivity index (χ3n) is 8.78. The van der Waals surface area contributed by atoms with Crippen LogP contribution < -0.4 is 20.9 Å². The fourth-order valence-electron chi connectivity index (χ4n) is 7.38. The van der Waals surface area contributed by atoms with E-state index in [1.807, 2.05) is 18.2 Å². The molecule has 4 saturated carbocycles. The first-order valence-electron chi connectivity index (χ1n) is 13.1. The first-order chi connectivity index (χ1) is 17.3. The van der Waals surface area contributed by atoms with Crippen LogP contribution in [0, 0.1) is 17.8 Å². The fourth-order valence-corrected chi connectivity index (χ4v) is 7.38. The van der Waals surface area contributed by atoms with Crippen molar-refractivity contribution in [3.8, 4) is 0 Å². The molecule has 3 atom stereocenters. The monoisotopic (exact) mass is 490 g/mol. The quantitative estimate of drug-likeness (QED) is 0.585. The number of nitrogens with one attached hydrogen (secondary N) is 1. The van der Waals surface area contributed by atoms with Crippen LogP contribution in [0.3, 0.4) is 0 Å². The Morgan fingerprint density at radius 2 is 1.86 bits per heavy atom. The van der Waals surface area contributed by atoms with Crippen LogP contribution in [0.5, 0.6) is 0 Å². The Morgan fingerprint density at radius 3 is 2.50 bits per heavy atom. The number of hydrogen-bond acceptors (Lipinski definition) is 7. The van der Waals surface area contributed by atoms with Crippen LogP contribution in [0.2, 0.25) is 0 Å². The molecular formula is C27H34N6O3. The average Bonchev–Trinajstić information content (AvgIpc) is 2.85. The van der Waals surface area contributed by atoms with E-state index in [0.717, 1.165) is 63.4 Å². The molecule has 9 heteroatoms. The second kappa shape index (κ2) is 8.73. The summed E-state index contributed by atoms with van der Waals surface area (Å²) in [6.45, 7) is 4.38. The van der Waals surface area contributed by atoms with Crippen LogP contribution in [0.25, 0.3) is 0 Å². The maximum absolute atomic E-state index is 13.2. The molecule has 4 bridgehead atoms. The molecule has 0 spiro atoms. The summed E-state index contributed by atoms with van der Waals surface area (Å²) in [6.07, 6.45) is 6.28. The zero-order valence-corrected chi connectivity index (χ0v) is 20.6. The normalized spacial score (nSPS) is 33.0. The molecule has 5 aliphatic rings. The van der Waals surface area contributed by atoms with Crippen LogP contribution in [-0.2, 0) is 0 Å². The van der Waals surface area contributed by atoms with Gasteiger partial charge in [-0.05, 0) is 81.0 Å². The third-order valence-corrected chi connectivity index (χ3v) is 8.78. The molecule has 2 amide bonds. The lowest BCUT2D eigenvalue weighted by Gasteiger charge is -2.58. The lowest BCUT2D eigenvalue weighted by Crippen LogP contribution is -2.61. The number of aromatic nitrogens is 2. The summed E-state index contributed by atoms with van der Waals surface area (Å²) < 4.78 is 0. The van der Waals surface area contributed by atoms with Gasteiger partial charge < -0.3 is 26.0 Å². The molecule has 3 heterocycles. The van der Waals surface area contributed by atoms with Crippen molar-refractivity contribution >= 4 is 23.5 Å². The Bertz CT molecular complexity index is 1150. The van der Waals surface area contributed by atoms with Gasteiger partial charge in [-0.2, -0.15) is 0 Å². The van der Waals surface area contributed by atoms with Gasteiger partial charge in [-0.15, -0.1) is 0 Å². The van der Waals surface area contributed by atoms with Crippen molar-refractivity contribution in [2.75, 3.05) is 29.4 Å². The van der Waals surface area contributed by atoms with Gasteiger partial charge in [0.15, 0.2) is 0 Å². The first kappa shape index (κ1) is 23.2. The zero-order chi connectivity index (χ0) is 25.0. The van der Waals surface area contributed by atoms with Gasteiger partial charge in [0.25, 0.3) is 5.91 Å². The highest BCUT2D eigenvalue weighted by atomic mass is 16.3. The van der Waals surface area contributed by atoms with Crippen molar-refractivity contribution in [3.63, 3.8) is 0 Å². The standard InChI is InChI=1S/C27H34N6O3/c1-16-15-32(22-6-5-18(14-29-22)25(28)34)7-8-33(16)23-4-2-3-21(30-23)26(35)31-24-19-9-17-10-20(24)13-27(36,11-17)12-19/h2-6,14,16-17,19-20,24,36H,7-13,15H2,1H3,(H2,28,34)(H,31,35)/t16-,17?,19?,20?,24-,27-/m1/s1. The number of nitrogens with two attached hydrogens (primary N) is 1. The lowest BCUT2D eigenvalue weighted by molar-refractivity contribution is -0.136. The highest BCUT2D eigenvalue weighted by molar-refractivity contribution is 5.93. The molecule has 1 saturated heterocycles. The lowest BCUT2D eigenvalue weighted by atomic mass is 9.52. The molecule has 36 heavy (non-hydrogen) atoms. The number of piperazine rings is 1. The van der Waals surface area contributed by atoms with Crippen LogP contribution in [0.4, 0.5) is 11.6 Å². The van der Waals surface area contributed by atoms with Gasteiger partial charge in [0, 0.05) is 37.9 Å². The largest absolute Gasteiger partial charge is 0.390 e. The van der Waals surface area contributed by atoms with Crippen LogP contribution in [0.15, 0.2) is 36.5 Å². The molecule has 2 aromatic rings. The number of nitrogens with zero attached hydrogens (tertiary/aromatic N) is 4. The Balaban J connectivity index is 1.11. The molecule has 5 fully saturated rings. The summed E-state index contributed by atoms with van der Waals surface area (Å²) >= 11 is 0. The molecule has 2 unspecified atom stereocenters. The van der Waals surface area contributed by atoms with Crippen molar-refractivity contribution in [3.05, 3.63) is 47.8 Å². The zero-order valence-electron chi connectivity index (χ0n) is 20.6. The van der Waals surface area contributed by atoms with E-state index in [1.54, 1.807) is 12.1 Å². The van der Waals surface area contributed by atoms with E-state index < -0.39 is 11.5 Å². The number of amides is 2. The minimum absolute atomic E-state index is 0.119. The number of carbonyl (C=O) groups is 2. The van der Waals surface area contributed by atoms with Crippen molar-refractivity contribution in [2.45, 2.75) is 56.7 Å². The van der Waals surface area contributed by atoms with Crippen molar-refractivity contribution < 1.29 is 14.7 Å². The maximum Gasteiger partial charge on any atom is 0.270 e. The molecule has 2 aromatic heterocycles. The number of primary amides is 1. The van der Waals surface area contributed by atoms with Crippen molar-refractivity contribution in [1.82, 2.24) is 15.3 Å². The smallest absolute Gasteiger partial charge is 0.270 e. The van der Waals surface area contributed by atoms with E-state index in [2.05, 4.69) is 27.0 Å². The van der Waals surface area contributed by atoms with E-state index in [9.17, 15) is 14.7 Å². The number of anilines is 2. The predicted molar refractivity (Wildman–Crippen MR) is 136 cm³/mol. The fraction of sp³-hybridized carbons (Fsp3) is 0.556. The molecule has 9 nitrogen and oxygen atoms in total. The highest BCUT2D eigenvalue weighted by Gasteiger charge is 2.55. The van der Waals surface area contributed by atoms with Gasteiger partial charge in [-0.25, -0.2) is 9.97 Å². The number of carbonyl (C=O) groups excluding carboxylic acids is 2. The number of hydrogen-bond donors (Lipinski definition) is 3. The summed E-state index contributed by atoms with van der Waals surface area (Å²) in [7, 11) is 0. The summed E-state index contributed by atoms with van der Waals surface area (Å²) in [5, 5.41) is 14.1. The summed E-state index contributed by atoms with van der Waals surface area (Å²) in [6, 6.07) is 9.47. The van der Waals surface area contributed by atoms with Crippen LogP contribution in [-0.4, -0.2) is 64.2 Å². The predicted octanol–water partition coefficient (Wildman–Crippen LogP) is 1.96. The van der Waals surface area contributed by atoms with Gasteiger partial charge in [0.2, 0.25) is 5.91 Å². The Labute approximate surface area is 211 Å². The van der Waals surface area contributed by atoms with E-state index in [1.165, 1.54) is 6.20 Å². The van der Waals surface area contributed by atoms with Gasteiger partial charge in [0.1, 0.15) is 17.3 Å². The molecule has 0 aromatic carbocycles. The van der Waals surface area contributed by atoms with Gasteiger partial charge >= 0.3 is 0 Å². The first-order valence-corrected chi connectivity index (χ1v) is 13.1. The molecule has 4 N–H and O–H groups in total. The third kappa shape index (κ3) is 4.19. The number of rotatable bonds is 5. The van der Waals surface area contributed by atoms with E-state index in [4.69, 9.17) is 10.7 Å². The summed E-state index contributed by atoms with van der Waals surface area (Å²) in [5.41, 5.74) is 5.66. The topological polar surface area (TPSA) is 125 Å². The summed E-state index contributed by atoms with van der Waals surface area (Å²) in [5.74, 6) is 2.35. The van der Waals surface area contributed by atoms with E-state index in [0.29, 0.717) is 29.0 Å². The number of pyridine rings is 2. The van der Waals surface area contributed by atoms with Crippen molar-refractivity contribution in [2.24, 2.45) is 23.5 Å². The molecular weight excluding hydrogens is 456 g/mol. The minimum atomic E-state index is -0.506. The van der Waals surface area contributed by atoms with Gasteiger partial charge in [-0.3, -0.25) is 9.59 Å². The second-order valence-corrected chi connectivity index (χ2v) is 11.3. The molecule has 4 aliphatic carbocycles.